The molecule has 2 aliphatic heterocycles. The lowest BCUT2D eigenvalue weighted by atomic mass is 9.95. The molecule has 1 aromatic heterocycles. The summed E-state index contributed by atoms with van der Waals surface area (Å²) >= 11 is 0. The monoisotopic (exact) mass is 295 g/mol. The normalized spacial score (nSPS) is 23.7. The fraction of sp³-hybridized carbons (Fsp3) is 0.389. The Balaban J connectivity index is 1.68. The first-order chi connectivity index (χ1) is 10.8. The highest BCUT2D eigenvalue weighted by molar-refractivity contribution is 5.60. The van der Waals surface area contributed by atoms with Crippen LogP contribution in [-0.2, 0) is 6.42 Å². The van der Waals surface area contributed by atoms with Crippen LogP contribution in [-0.4, -0.2) is 24.2 Å². The van der Waals surface area contributed by atoms with Gasteiger partial charge in [-0.05, 0) is 37.4 Å². The Morgan fingerprint density at radius 1 is 1.18 bits per heavy atom. The van der Waals surface area contributed by atoms with Crippen LogP contribution in [0.2, 0.25) is 0 Å². The zero-order valence-corrected chi connectivity index (χ0v) is 12.6. The SMILES string of the molecule is O=c1[nH]ccc2c1C(Cc1ccccc1)CN2C1CCCN1. The van der Waals surface area contributed by atoms with Gasteiger partial charge < -0.3 is 9.88 Å². The van der Waals surface area contributed by atoms with Crippen LogP contribution in [0.15, 0.2) is 47.4 Å². The van der Waals surface area contributed by atoms with E-state index in [1.165, 1.54) is 12.0 Å². The van der Waals surface area contributed by atoms with Crippen molar-refractivity contribution in [2.24, 2.45) is 0 Å². The van der Waals surface area contributed by atoms with Crippen LogP contribution in [0.5, 0.6) is 0 Å². The maximum absolute atomic E-state index is 12.4. The van der Waals surface area contributed by atoms with Gasteiger partial charge in [-0.15, -0.1) is 0 Å². The van der Waals surface area contributed by atoms with E-state index in [-0.39, 0.29) is 11.5 Å². The maximum atomic E-state index is 12.4. The standard InChI is InChI=1S/C18H21N3O/c22-18-17-14(11-13-5-2-1-3-6-13)12-21(15(17)8-10-20-18)16-7-4-9-19-16/h1-3,5-6,8,10,14,16,19H,4,7,9,11-12H2,(H,20,22). The van der Waals surface area contributed by atoms with Crippen molar-refractivity contribution in [3.05, 3.63) is 64.1 Å². The van der Waals surface area contributed by atoms with E-state index in [1.807, 2.05) is 6.07 Å². The molecule has 3 heterocycles. The quantitative estimate of drug-likeness (QED) is 0.913. The first-order valence-corrected chi connectivity index (χ1v) is 8.08. The molecular weight excluding hydrogens is 274 g/mol. The summed E-state index contributed by atoms with van der Waals surface area (Å²) in [5.74, 6) is 0.268. The van der Waals surface area contributed by atoms with Gasteiger partial charge in [0.25, 0.3) is 5.56 Å². The average Bonchev–Trinajstić information content (AvgIpc) is 3.17. The Kier molecular flexibility index (Phi) is 3.47. The van der Waals surface area contributed by atoms with Crippen LogP contribution in [0.4, 0.5) is 5.69 Å². The minimum atomic E-state index is 0.0685. The second-order valence-electron chi connectivity index (χ2n) is 6.26. The van der Waals surface area contributed by atoms with Crippen LogP contribution in [0.25, 0.3) is 0 Å². The number of benzene rings is 1. The predicted molar refractivity (Wildman–Crippen MR) is 88.3 cm³/mol. The van der Waals surface area contributed by atoms with Gasteiger partial charge in [-0.1, -0.05) is 30.3 Å². The zero-order chi connectivity index (χ0) is 14.9. The molecule has 0 bridgehead atoms. The van der Waals surface area contributed by atoms with Crippen molar-refractivity contribution in [1.82, 2.24) is 10.3 Å². The number of fused-ring (bicyclic) bond motifs is 1. The molecule has 4 nitrogen and oxygen atoms in total. The highest BCUT2D eigenvalue weighted by atomic mass is 16.1. The topological polar surface area (TPSA) is 48.1 Å². The van der Waals surface area contributed by atoms with E-state index in [9.17, 15) is 4.79 Å². The van der Waals surface area contributed by atoms with Crippen LogP contribution < -0.4 is 15.8 Å². The molecule has 22 heavy (non-hydrogen) atoms. The van der Waals surface area contributed by atoms with E-state index < -0.39 is 0 Å². The van der Waals surface area contributed by atoms with Gasteiger partial charge in [0.1, 0.15) is 0 Å². The van der Waals surface area contributed by atoms with E-state index in [1.54, 1.807) is 6.20 Å². The lowest BCUT2D eigenvalue weighted by molar-refractivity contribution is 0.548. The average molecular weight is 295 g/mol. The van der Waals surface area contributed by atoms with E-state index >= 15 is 0 Å². The number of pyridine rings is 1. The molecule has 2 unspecified atom stereocenters. The van der Waals surface area contributed by atoms with Gasteiger partial charge in [0.05, 0.1) is 6.17 Å². The minimum absolute atomic E-state index is 0.0685. The predicted octanol–water partition coefficient (Wildman–Crippen LogP) is 2.23. The Morgan fingerprint density at radius 2 is 2.05 bits per heavy atom. The van der Waals surface area contributed by atoms with Gasteiger partial charge >= 0.3 is 0 Å². The van der Waals surface area contributed by atoms with Gasteiger partial charge in [0.15, 0.2) is 0 Å². The summed E-state index contributed by atoms with van der Waals surface area (Å²) < 4.78 is 0. The van der Waals surface area contributed by atoms with Gasteiger partial charge in [0, 0.05) is 29.9 Å². The van der Waals surface area contributed by atoms with Crippen molar-refractivity contribution >= 4 is 5.69 Å². The highest BCUT2D eigenvalue weighted by Gasteiger charge is 2.35. The number of aromatic amines is 1. The summed E-state index contributed by atoms with van der Waals surface area (Å²) in [6.45, 7) is 2.00. The Hall–Kier alpha value is -2.07. The molecule has 0 saturated carbocycles. The maximum Gasteiger partial charge on any atom is 0.253 e. The summed E-state index contributed by atoms with van der Waals surface area (Å²) in [6.07, 6.45) is 5.44. The Bertz CT molecular complexity index is 704. The summed E-state index contributed by atoms with van der Waals surface area (Å²) in [5.41, 5.74) is 3.44. The number of nitrogens with one attached hydrogen (secondary N) is 2. The van der Waals surface area contributed by atoms with Crippen molar-refractivity contribution in [1.29, 1.82) is 0 Å². The molecule has 4 rings (SSSR count). The molecule has 1 fully saturated rings. The van der Waals surface area contributed by atoms with Crippen molar-refractivity contribution in [3.63, 3.8) is 0 Å². The lowest BCUT2D eigenvalue weighted by Gasteiger charge is -2.27. The smallest absolute Gasteiger partial charge is 0.253 e. The fourth-order valence-electron chi connectivity index (χ4n) is 3.84. The first kappa shape index (κ1) is 13.6. The lowest BCUT2D eigenvalue weighted by Crippen LogP contribution is -2.41. The number of nitrogens with zero attached hydrogens (tertiary/aromatic N) is 1. The van der Waals surface area contributed by atoms with E-state index in [0.29, 0.717) is 6.17 Å². The molecule has 114 valence electrons. The van der Waals surface area contributed by atoms with E-state index in [4.69, 9.17) is 0 Å². The number of aromatic nitrogens is 1. The van der Waals surface area contributed by atoms with E-state index in [0.717, 1.165) is 37.2 Å². The molecule has 2 aliphatic rings. The number of anilines is 1. The van der Waals surface area contributed by atoms with Gasteiger partial charge in [-0.3, -0.25) is 10.1 Å². The van der Waals surface area contributed by atoms with Crippen LogP contribution in [0.1, 0.15) is 29.9 Å². The number of hydrogen-bond acceptors (Lipinski definition) is 3. The summed E-state index contributed by atoms with van der Waals surface area (Å²) in [6, 6.07) is 12.5. The summed E-state index contributed by atoms with van der Waals surface area (Å²) in [5, 5.41) is 3.56. The van der Waals surface area contributed by atoms with Crippen LogP contribution >= 0.6 is 0 Å². The van der Waals surface area contributed by atoms with Crippen LogP contribution in [0, 0.1) is 0 Å². The molecule has 0 aliphatic carbocycles. The summed E-state index contributed by atoms with van der Waals surface area (Å²) in [4.78, 5) is 17.6. The third-order valence-corrected chi connectivity index (χ3v) is 4.85. The number of rotatable bonds is 3. The van der Waals surface area contributed by atoms with E-state index in [2.05, 4.69) is 45.5 Å². The van der Waals surface area contributed by atoms with Gasteiger partial charge in [0.2, 0.25) is 0 Å². The van der Waals surface area contributed by atoms with Crippen molar-refractivity contribution < 1.29 is 0 Å². The molecule has 4 heteroatoms. The molecule has 0 radical (unpaired) electrons. The van der Waals surface area contributed by atoms with Crippen molar-refractivity contribution in [2.75, 3.05) is 18.0 Å². The molecule has 0 amide bonds. The highest BCUT2D eigenvalue weighted by Crippen LogP contribution is 2.37. The molecule has 1 saturated heterocycles. The molecule has 2 N–H and O–H groups in total. The minimum Gasteiger partial charge on any atom is -0.355 e. The number of H-pyrrole nitrogens is 1. The fourth-order valence-corrected chi connectivity index (χ4v) is 3.84. The second-order valence-corrected chi connectivity index (χ2v) is 6.26. The largest absolute Gasteiger partial charge is 0.355 e. The molecule has 1 aromatic carbocycles. The van der Waals surface area contributed by atoms with Crippen molar-refractivity contribution in [2.45, 2.75) is 31.3 Å². The molecule has 2 aromatic rings. The Morgan fingerprint density at radius 3 is 2.82 bits per heavy atom. The number of hydrogen-bond donors (Lipinski definition) is 2. The first-order valence-electron chi connectivity index (χ1n) is 8.08. The zero-order valence-electron chi connectivity index (χ0n) is 12.6. The van der Waals surface area contributed by atoms with Gasteiger partial charge in [-0.25, -0.2) is 0 Å². The molecule has 0 spiro atoms. The molecule has 2 atom stereocenters. The van der Waals surface area contributed by atoms with Crippen molar-refractivity contribution in [3.8, 4) is 0 Å². The van der Waals surface area contributed by atoms with Gasteiger partial charge in [-0.2, -0.15) is 0 Å². The second kappa shape index (κ2) is 5.61. The molecular formula is C18H21N3O. The Labute approximate surface area is 130 Å². The summed E-state index contributed by atoms with van der Waals surface area (Å²) in [7, 11) is 0. The third-order valence-electron chi connectivity index (χ3n) is 4.85. The van der Waals surface area contributed by atoms with Crippen LogP contribution in [0.3, 0.4) is 0 Å². The third kappa shape index (κ3) is 2.33.